The predicted molar refractivity (Wildman–Crippen MR) is 72.6 cm³/mol. The Kier molecular flexibility index (Phi) is 7.16. The molecule has 0 fully saturated rings. The highest BCUT2D eigenvalue weighted by atomic mass is 35.9. The molecule has 10 heteroatoms. The molecule has 0 aromatic heterocycles. The zero-order valence-electron chi connectivity index (χ0n) is 8.24. The minimum atomic E-state index is -3.68. The average Bonchev–Trinajstić information content (AvgIpc) is 1.96. The first-order valence-electron chi connectivity index (χ1n) is 3.95. The van der Waals surface area contributed by atoms with E-state index < -0.39 is 16.8 Å². The molecule has 96 valence electrons. The first-order chi connectivity index (χ1) is 6.93. The molecule has 0 aliphatic carbocycles. The van der Waals surface area contributed by atoms with Gasteiger partial charge in [0.05, 0.1) is 6.10 Å². The monoisotopic (exact) mass is 366 g/mol. The van der Waals surface area contributed by atoms with Crippen LogP contribution in [0.15, 0.2) is 11.6 Å². The van der Waals surface area contributed by atoms with E-state index in [9.17, 15) is 9.13 Å². The van der Waals surface area contributed by atoms with E-state index in [1.807, 2.05) is 0 Å². The molecule has 0 N–H and O–H groups in total. The van der Waals surface area contributed by atoms with Gasteiger partial charge in [-0.05, 0) is 58.8 Å². The van der Waals surface area contributed by atoms with Crippen LogP contribution in [-0.2, 0) is 13.9 Å². The van der Waals surface area contributed by atoms with Gasteiger partial charge in [-0.3, -0.25) is 9.13 Å². The second-order valence-corrected chi connectivity index (χ2v) is 13.6. The van der Waals surface area contributed by atoms with E-state index >= 15 is 0 Å². The minimum Gasteiger partial charge on any atom is -0.493 e. The molecule has 0 aliphatic heterocycles. The standard InChI is InChI=1S/C6H9Cl5O3P2/c1-4(2)14-5(3-15(8,9)12)6(7)16(10,11)13/h3-4,6H,1-2H3/b5-3-. The van der Waals surface area contributed by atoms with E-state index in [0.717, 1.165) is 5.82 Å². The molecule has 0 rings (SSSR count). The number of alkyl halides is 1. The van der Waals surface area contributed by atoms with Crippen LogP contribution in [-0.4, -0.2) is 11.2 Å². The summed E-state index contributed by atoms with van der Waals surface area (Å²) in [5, 5.41) is -1.34. The quantitative estimate of drug-likeness (QED) is 0.332. The molecule has 0 amide bonds. The molecular weight excluding hydrogens is 359 g/mol. The van der Waals surface area contributed by atoms with Crippen molar-refractivity contribution in [2.75, 3.05) is 0 Å². The maximum atomic E-state index is 11.3. The Bertz CT molecular complexity index is 357. The van der Waals surface area contributed by atoms with Gasteiger partial charge in [-0.1, -0.05) is 0 Å². The smallest absolute Gasteiger partial charge is 0.278 e. The van der Waals surface area contributed by atoms with E-state index in [1.54, 1.807) is 13.8 Å². The fourth-order valence-electron chi connectivity index (χ4n) is 0.717. The molecule has 16 heavy (non-hydrogen) atoms. The Balaban J connectivity index is 5.19. The van der Waals surface area contributed by atoms with E-state index in [2.05, 4.69) is 0 Å². The van der Waals surface area contributed by atoms with Gasteiger partial charge in [0.25, 0.3) is 11.7 Å². The Morgan fingerprint density at radius 2 is 1.62 bits per heavy atom. The molecule has 3 nitrogen and oxygen atoms in total. The third-order valence-corrected chi connectivity index (χ3v) is 5.88. The molecule has 1 unspecified atom stereocenters. The Morgan fingerprint density at radius 3 is 1.88 bits per heavy atom. The third kappa shape index (κ3) is 7.71. The molecule has 0 spiro atoms. The van der Waals surface area contributed by atoms with Gasteiger partial charge in [-0.25, -0.2) is 0 Å². The zero-order valence-corrected chi connectivity index (χ0v) is 13.8. The van der Waals surface area contributed by atoms with Crippen molar-refractivity contribution in [1.29, 1.82) is 0 Å². The van der Waals surface area contributed by atoms with Crippen LogP contribution >= 0.6 is 68.3 Å². The largest absolute Gasteiger partial charge is 0.493 e. The molecule has 0 heterocycles. The Hall–Kier alpha value is 1.45. The van der Waals surface area contributed by atoms with E-state index in [4.69, 9.17) is 61.3 Å². The number of ether oxygens (including phenoxy) is 1. The Labute approximate surface area is 118 Å². The van der Waals surface area contributed by atoms with Crippen LogP contribution in [0.3, 0.4) is 0 Å². The molecule has 0 saturated carbocycles. The van der Waals surface area contributed by atoms with Crippen LogP contribution in [0.5, 0.6) is 0 Å². The normalized spacial score (nSPS) is 16.4. The van der Waals surface area contributed by atoms with Gasteiger partial charge in [0.2, 0.25) is 0 Å². The van der Waals surface area contributed by atoms with Gasteiger partial charge in [0.15, 0.2) is 5.12 Å². The number of hydrogen-bond donors (Lipinski definition) is 0. The van der Waals surface area contributed by atoms with Crippen LogP contribution in [0.25, 0.3) is 0 Å². The molecule has 1 atom stereocenters. The van der Waals surface area contributed by atoms with E-state index in [-0.39, 0.29) is 11.9 Å². The first kappa shape index (κ1) is 17.4. The fraction of sp³-hybridized carbons (Fsp3) is 0.667. The van der Waals surface area contributed by atoms with E-state index in [1.165, 1.54) is 0 Å². The number of hydrogen-bond acceptors (Lipinski definition) is 3. The SMILES string of the molecule is CC(C)O/C(=C\P(=O)(Cl)Cl)C(Cl)P(=O)(Cl)Cl. The summed E-state index contributed by atoms with van der Waals surface area (Å²) in [7, 11) is 0. The van der Waals surface area contributed by atoms with Crippen molar-refractivity contribution >= 4 is 68.3 Å². The average molecular weight is 368 g/mol. The summed E-state index contributed by atoms with van der Waals surface area (Å²) in [6.45, 7) is 3.36. The highest BCUT2D eigenvalue weighted by Crippen LogP contribution is 2.66. The molecule has 0 bridgehead atoms. The summed E-state index contributed by atoms with van der Waals surface area (Å²) >= 11 is 27.2. The van der Waals surface area contributed by atoms with Crippen LogP contribution in [0, 0.1) is 0 Å². The van der Waals surface area contributed by atoms with Crippen LogP contribution in [0.1, 0.15) is 13.8 Å². The fourth-order valence-corrected chi connectivity index (χ4v) is 3.13. The van der Waals surface area contributed by atoms with Crippen molar-refractivity contribution in [3.8, 4) is 0 Å². The van der Waals surface area contributed by atoms with Gasteiger partial charge in [0, 0.05) is 5.82 Å². The van der Waals surface area contributed by atoms with Gasteiger partial charge in [-0.2, -0.15) is 0 Å². The third-order valence-electron chi connectivity index (χ3n) is 1.15. The second-order valence-electron chi connectivity index (χ2n) is 3.04. The first-order valence-corrected chi connectivity index (χ1v) is 11.6. The van der Waals surface area contributed by atoms with Crippen molar-refractivity contribution in [2.45, 2.75) is 25.1 Å². The molecular formula is C6H9Cl5O3P2. The maximum absolute atomic E-state index is 11.3. The van der Waals surface area contributed by atoms with Crippen molar-refractivity contribution < 1.29 is 13.9 Å². The molecule has 0 saturated heterocycles. The summed E-state index contributed by atoms with van der Waals surface area (Å²) in [4.78, 5) is 0. The molecule has 0 radical (unpaired) electrons. The van der Waals surface area contributed by atoms with Gasteiger partial charge in [0.1, 0.15) is 5.76 Å². The summed E-state index contributed by atoms with van der Waals surface area (Å²) < 4.78 is 27.7. The molecule has 0 aromatic rings. The Morgan fingerprint density at radius 1 is 1.19 bits per heavy atom. The summed E-state index contributed by atoms with van der Waals surface area (Å²) in [5.41, 5.74) is 0. The lowest BCUT2D eigenvalue weighted by Gasteiger charge is -2.18. The zero-order chi connectivity index (χ0) is 13.1. The van der Waals surface area contributed by atoms with Crippen molar-refractivity contribution in [3.05, 3.63) is 11.6 Å². The second kappa shape index (κ2) is 6.57. The minimum absolute atomic E-state index is 0.154. The van der Waals surface area contributed by atoms with Crippen LogP contribution in [0.4, 0.5) is 0 Å². The molecule has 0 aliphatic rings. The topological polar surface area (TPSA) is 43.4 Å². The van der Waals surface area contributed by atoms with Crippen LogP contribution in [0.2, 0.25) is 0 Å². The van der Waals surface area contributed by atoms with Gasteiger partial charge < -0.3 is 4.74 Å². The summed E-state index contributed by atoms with van der Waals surface area (Å²) in [6, 6.07) is 0. The molecule has 0 aromatic carbocycles. The van der Waals surface area contributed by atoms with E-state index in [0.29, 0.717) is 0 Å². The van der Waals surface area contributed by atoms with Crippen molar-refractivity contribution in [2.24, 2.45) is 0 Å². The lowest BCUT2D eigenvalue weighted by molar-refractivity contribution is 0.148. The lowest BCUT2D eigenvalue weighted by Crippen LogP contribution is -2.09. The summed E-state index contributed by atoms with van der Waals surface area (Å²) in [6.07, 6.45) is -0.313. The number of rotatable bonds is 5. The highest BCUT2D eigenvalue weighted by Gasteiger charge is 2.33. The number of allylic oxidation sites excluding steroid dienone is 1. The predicted octanol–water partition coefficient (Wildman–Crippen LogP) is 6.16. The summed E-state index contributed by atoms with van der Waals surface area (Å²) in [5.74, 6) is -6.52. The number of halogens is 5. The van der Waals surface area contributed by atoms with Gasteiger partial charge in [-0.15, -0.1) is 11.6 Å². The van der Waals surface area contributed by atoms with Crippen molar-refractivity contribution in [1.82, 2.24) is 0 Å². The van der Waals surface area contributed by atoms with Crippen LogP contribution < -0.4 is 0 Å². The van der Waals surface area contributed by atoms with Crippen molar-refractivity contribution in [3.63, 3.8) is 0 Å². The lowest BCUT2D eigenvalue weighted by atomic mass is 10.5. The van der Waals surface area contributed by atoms with Gasteiger partial charge >= 0.3 is 0 Å². The highest BCUT2D eigenvalue weighted by molar-refractivity contribution is 8.11. The maximum Gasteiger partial charge on any atom is 0.278 e.